The molecule has 1 aromatic rings. The first-order valence-electron chi connectivity index (χ1n) is 4.86. The molecule has 0 amide bonds. The van der Waals surface area contributed by atoms with Crippen LogP contribution < -0.4 is 9.16 Å². The number of rotatable bonds is 3. The van der Waals surface area contributed by atoms with Crippen molar-refractivity contribution in [3.05, 3.63) is 21.3 Å². The van der Waals surface area contributed by atoms with Gasteiger partial charge in [-0.25, -0.2) is 0 Å². The van der Waals surface area contributed by atoms with Gasteiger partial charge in [0.25, 0.3) is 0 Å². The highest BCUT2D eigenvalue weighted by molar-refractivity contribution is 14.1. The highest BCUT2D eigenvalue weighted by atomic mass is 127. The van der Waals surface area contributed by atoms with Crippen LogP contribution in [0.4, 0.5) is 0 Å². The molecule has 0 heterocycles. The lowest BCUT2D eigenvalue weighted by atomic mass is 10.2. The topological polar surface area (TPSA) is 18.5 Å². The summed E-state index contributed by atoms with van der Waals surface area (Å²) in [5.74, 6) is 1.73. The average Bonchev–Trinajstić information content (AvgIpc) is 2.07. The monoisotopic (exact) mass is 336 g/mol. The highest BCUT2D eigenvalue weighted by Crippen LogP contribution is 2.35. The van der Waals surface area contributed by atoms with Gasteiger partial charge in [0.1, 0.15) is 0 Å². The normalized spacial score (nSPS) is 11.3. The Morgan fingerprint density at radius 3 is 2.27 bits per heavy atom. The maximum Gasteiger partial charge on any atom is 0.242 e. The second-order valence-corrected chi connectivity index (χ2v) is 10.1. The SMILES string of the molecule is COc1cc(C)cc(I)c1O[Si](C)(C)C. The Balaban J connectivity index is 3.15. The van der Waals surface area contributed by atoms with Crippen LogP contribution in [0.3, 0.4) is 0 Å². The molecule has 0 saturated heterocycles. The summed E-state index contributed by atoms with van der Waals surface area (Å²) in [5, 5.41) is 0. The summed E-state index contributed by atoms with van der Waals surface area (Å²) in [6, 6.07) is 4.12. The number of hydrogen-bond donors (Lipinski definition) is 0. The van der Waals surface area contributed by atoms with E-state index >= 15 is 0 Å². The minimum Gasteiger partial charge on any atom is -0.541 e. The van der Waals surface area contributed by atoms with Crippen LogP contribution >= 0.6 is 22.6 Å². The van der Waals surface area contributed by atoms with Crippen LogP contribution in [-0.2, 0) is 0 Å². The van der Waals surface area contributed by atoms with Crippen LogP contribution in [0.2, 0.25) is 19.6 Å². The fourth-order valence-electron chi connectivity index (χ4n) is 1.25. The number of hydrogen-bond acceptors (Lipinski definition) is 2. The van der Waals surface area contributed by atoms with Crippen molar-refractivity contribution in [2.45, 2.75) is 26.6 Å². The quantitative estimate of drug-likeness (QED) is 0.617. The fraction of sp³-hybridized carbons (Fsp3) is 0.455. The van der Waals surface area contributed by atoms with Crippen molar-refractivity contribution >= 4 is 30.9 Å². The molecule has 2 nitrogen and oxygen atoms in total. The summed E-state index contributed by atoms with van der Waals surface area (Å²) < 4.78 is 12.5. The summed E-state index contributed by atoms with van der Waals surface area (Å²) in [5.41, 5.74) is 1.19. The smallest absolute Gasteiger partial charge is 0.242 e. The molecule has 0 aliphatic rings. The minimum absolute atomic E-state index is 0.835. The Hall–Kier alpha value is -0.233. The van der Waals surface area contributed by atoms with Gasteiger partial charge < -0.3 is 9.16 Å². The van der Waals surface area contributed by atoms with Gasteiger partial charge >= 0.3 is 0 Å². The second-order valence-electron chi connectivity index (χ2n) is 4.49. The standard InChI is InChI=1S/C11H17IO2Si/c1-8-6-9(12)11(10(7-8)13-2)14-15(3,4)5/h6-7H,1-5H3. The van der Waals surface area contributed by atoms with Crippen molar-refractivity contribution in [2.75, 3.05) is 7.11 Å². The average molecular weight is 336 g/mol. The molecule has 0 fully saturated rings. The lowest BCUT2D eigenvalue weighted by Crippen LogP contribution is -2.29. The van der Waals surface area contributed by atoms with Crippen LogP contribution in [-0.4, -0.2) is 15.4 Å². The number of aryl methyl sites for hydroxylation is 1. The Kier molecular flexibility index (Phi) is 4.05. The molecule has 0 unspecified atom stereocenters. The molecular weight excluding hydrogens is 319 g/mol. The zero-order valence-electron chi connectivity index (χ0n) is 9.85. The third-order valence-electron chi connectivity index (χ3n) is 1.78. The van der Waals surface area contributed by atoms with Gasteiger partial charge in [0.05, 0.1) is 10.7 Å². The van der Waals surface area contributed by atoms with E-state index in [0.717, 1.165) is 15.1 Å². The van der Waals surface area contributed by atoms with Crippen molar-refractivity contribution < 1.29 is 9.16 Å². The molecule has 84 valence electrons. The molecule has 0 radical (unpaired) electrons. The zero-order chi connectivity index (χ0) is 11.6. The summed E-state index contributed by atoms with van der Waals surface area (Å²) in [6.07, 6.45) is 0. The number of ether oxygens (including phenoxy) is 1. The van der Waals surface area contributed by atoms with Gasteiger partial charge in [-0.15, -0.1) is 0 Å². The molecule has 0 N–H and O–H groups in total. The molecule has 1 rings (SSSR count). The highest BCUT2D eigenvalue weighted by Gasteiger charge is 2.20. The summed E-state index contributed by atoms with van der Waals surface area (Å²) in [4.78, 5) is 0. The van der Waals surface area contributed by atoms with Gasteiger partial charge in [-0.05, 0) is 66.9 Å². The van der Waals surface area contributed by atoms with E-state index in [0.29, 0.717) is 0 Å². The molecule has 0 spiro atoms. The van der Waals surface area contributed by atoms with Gasteiger partial charge in [0.2, 0.25) is 8.32 Å². The van der Waals surface area contributed by atoms with Crippen LogP contribution in [0, 0.1) is 10.5 Å². The Bertz CT molecular complexity index is 358. The van der Waals surface area contributed by atoms with Crippen LogP contribution in [0.25, 0.3) is 0 Å². The largest absolute Gasteiger partial charge is 0.541 e. The van der Waals surface area contributed by atoms with E-state index in [4.69, 9.17) is 9.16 Å². The number of methoxy groups -OCH3 is 1. The van der Waals surface area contributed by atoms with E-state index in [2.05, 4.69) is 55.2 Å². The number of benzene rings is 1. The van der Waals surface area contributed by atoms with Crippen molar-refractivity contribution in [1.82, 2.24) is 0 Å². The zero-order valence-corrected chi connectivity index (χ0v) is 13.0. The van der Waals surface area contributed by atoms with E-state index < -0.39 is 8.32 Å². The van der Waals surface area contributed by atoms with Gasteiger partial charge in [-0.3, -0.25) is 0 Å². The Labute approximate surface area is 106 Å². The predicted molar refractivity (Wildman–Crippen MR) is 74.4 cm³/mol. The van der Waals surface area contributed by atoms with E-state index in [1.807, 2.05) is 6.07 Å². The third kappa shape index (κ3) is 3.68. The third-order valence-corrected chi connectivity index (χ3v) is 3.40. The van der Waals surface area contributed by atoms with Gasteiger partial charge in [-0.1, -0.05) is 0 Å². The maximum absolute atomic E-state index is 6.02. The first kappa shape index (κ1) is 12.8. The molecule has 0 aromatic heterocycles. The molecule has 15 heavy (non-hydrogen) atoms. The molecular formula is C11H17IO2Si. The Morgan fingerprint density at radius 2 is 1.80 bits per heavy atom. The predicted octanol–water partition coefficient (Wildman–Crippen LogP) is 3.82. The van der Waals surface area contributed by atoms with E-state index in [1.165, 1.54) is 5.56 Å². The summed E-state index contributed by atoms with van der Waals surface area (Å²) >= 11 is 2.29. The fourth-order valence-corrected chi connectivity index (χ4v) is 3.15. The van der Waals surface area contributed by atoms with Gasteiger partial charge in [-0.2, -0.15) is 0 Å². The maximum atomic E-state index is 6.02. The summed E-state index contributed by atoms with van der Waals surface area (Å²) in [6.45, 7) is 8.57. The van der Waals surface area contributed by atoms with Crippen molar-refractivity contribution in [2.24, 2.45) is 0 Å². The first-order valence-corrected chi connectivity index (χ1v) is 9.35. The van der Waals surface area contributed by atoms with Gasteiger partial charge in [0, 0.05) is 0 Å². The first-order chi connectivity index (χ1) is 6.83. The lowest BCUT2D eigenvalue weighted by molar-refractivity contribution is 0.390. The lowest BCUT2D eigenvalue weighted by Gasteiger charge is -2.22. The number of halogens is 1. The van der Waals surface area contributed by atoms with Crippen molar-refractivity contribution in [3.8, 4) is 11.5 Å². The Morgan fingerprint density at radius 1 is 1.20 bits per heavy atom. The second kappa shape index (κ2) is 4.74. The van der Waals surface area contributed by atoms with E-state index in [9.17, 15) is 0 Å². The molecule has 0 saturated carbocycles. The van der Waals surface area contributed by atoms with E-state index in [-0.39, 0.29) is 0 Å². The molecule has 4 heteroatoms. The van der Waals surface area contributed by atoms with Crippen LogP contribution in [0.15, 0.2) is 12.1 Å². The molecule has 0 bridgehead atoms. The minimum atomic E-state index is -1.58. The summed E-state index contributed by atoms with van der Waals surface area (Å²) in [7, 11) is 0.103. The molecule has 0 aliphatic carbocycles. The molecule has 0 atom stereocenters. The van der Waals surface area contributed by atoms with Gasteiger partial charge in [0.15, 0.2) is 11.5 Å². The molecule has 1 aromatic carbocycles. The van der Waals surface area contributed by atoms with Crippen LogP contribution in [0.5, 0.6) is 11.5 Å². The van der Waals surface area contributed by atoms with Crippen LogP contribution in [0.1, 0.15) is 5.56 Å². The van der Waals surface area contributed by atoms with Crippen molar-refractivity contribution in [3.63, 3.8) is 0 Å². The molecule has 0 aliphatic heterocycles. The van der Waals surface area contributed by atoms with E-state index in [1.54, 1.807) is 7.11 Å². The van der Waals surface area contributed by atoms with Crippen molar-refractivity contribution in [1.29, 1.82) is 0 Å².